The van der Waals surface area contributed by atoms with Crippen LogP contribution >= 0.6 is 23.2 Å². The van der Waals surface area contributed by atoms with Crippen LogP contribution in [-0.4, -0.2) is 37.0 Å². The van der Waals surface area contributed by atoms with Crippen molar-refractivity contribution in [2.45, 2.75) is 26.3 Å². The van der Waals surface area contributed by atoms with Crippen molar-refractivity contribution in [1.29, 1.82) is 0 Å². The number of likely N-dealkylation sites (N-methyl/N-ethyl adjacent to an activating group) is 1. The van der Waals surface area contributed by atoms with Crippen LogP contribution in [0.3, 0.4) is 0 Å². The van der Waals surface area contributed by atoms with E-state index in [1.54, 1.807) is 25.1 Å². The lowest BCUT2D eigenvalue weighted by Crippen LogP contribution is -2.52. The lowest BCUT2D eigenvalue weighted by molar-refractivity contribution is -0.124. The zero-order valence-electron chi connectivity index (χ0n) is 12.7. The molecule has 1 atom stereocenters. The van der Waals surface area contributed by atoms with E-state index in [9.17, 15) is 4.79 Å². The van der Waals surface area contributed by atoms with Gasteiger partial charge in [0, 0.05) is 13.1 Å². The van der Waals surface area contributed by atoms with Gasteiger partial charge in [-0.05, 0) is 37.7 Å². The summed E-state index contributed by atoms with van der Waals surface area (Å²) in [5.74, 6) is -0.444. The SMILES string of the molecule is CCN(CC)CCNC(C)(C(N)=O)c1ccc(Cl)c(Cl)c1. The smallest absolute Gasteiger partial charge is 0.242 e. The first-order valence-electron chi connectivity index (χ1n) is 7.08. The van der Waals surface area contributed by atoms with Crippen LogP contribution in [0.1, 0.15) is 26.3 Å². The standard InChI is InChI=1S/C15H23Cl2N3O/c1-4-20(5-2)9-8-19-15(3,14(18)21)11-6-7-12(16)13(17)10-11/h6-7,10,19H,4-5,8-9H2,1-3H3,(H2,18,21). The molecule has 1 rings (SSSR count). The summed E-state index contributed by atoms with van der Waals surface area (Å²) in [5.41, 5.74) is 5.32. The number of hydrogen-bond acceptors (Lipinski definition) is 3. The molecule has 0 radical (unpaired) electrons. The molecular weight excluding hydrogens is 309 g/mol. The van der Waals surface area contributed by atoms with Crippen LogP contribution in [0, 0.1) is 0 Å². The second-order valence-electron chi connectivity index (χ2n) is 5.07. The molecule has 118 valence electrons. The number of nitrogens with one attached hydrogen (secondary N) is 1. The summed E-state index contributed by atoms with van der Waals surface area (Å²) < 4.78 is 0. The van der Waals surface area contributed by atoms with Gasteiger partial charge in [-0.25, -0.2) is 0 Å². The first kappa shape index (κ1) is 18.2. The number of halogens is 2. The number of rotatable bonds is 8. The zero-order valence-corrected chi connectivity index (χ0v) is 14.3. The Morgan fingerprint density at radius 1 is 1.29 bits per heavy atom. The van der Waals surface area contributed by atoms with E-state index >= 15 is 0 Å². The average Bonchev–Trinajstić information content (AvgIpc) is 2.46. The quantitative estimate of drug-likeness (QED) is 0.769. The number of nitrogens with two attached hydrogens (primary N) is 1. The van der Waals surface area contributed by atoms with Crippen LogP contribution in [0.4, 0.5) is 0 Å². The lowest BCUT2D eigenvalue weighted by atomic mass is 9.91. The van der Waals surface area contributed by atoms with E-state index in [4.69, 9.17) is 28.9 Å². The molecule has 0 heterocycles. The highest BCUT2D eigenvalue weighted by molar-refractivity contribution is 6.42. The van der Waals surface area contributed by atoms with Crippen molar-refractivity contribution in [3.63, 3.8) is 0 Å². The molecule has 1 aromatic carbocycles. The number of amides is 1. The van der Waals surface area contributed by atoms with Crippen molar-refractivity contribution in [2.24, 2.45) is 5.73 Å². The monoisotopic (exact) mass is 331 g/mol. The minimum atomic E-state index is -0.971. The van der Waals surface area contributed by atoms with E-state index < -0.39 is 11.4 Å². The normalized spacial score (nSPS) is 14.2. The fourth-order valence-corrected chi connectivity index (χ4v) is 2.44. The molecule has 3 N–H and O–H groups in total. The second kappa shape index (κ2) is 7.99. The topological polar surface area (TPSA) is 58.4 Å². The van der Waals surface area contributed by atoms with E-state index in [2.05, 4.69) is 24.1 Å². The van der Waals surface area contributed by atoms with Gasteiger partial charge >= 0.3 is 0 Å². The molecule has 0 bridgehead atoms. The maximum atomic E-state index is 11.9. The molecule has 6 heteroatoms. The minimum absolute atomic E-state index is 0.409. The molecule has 0 aromatic heterocycles. The highest BCUT2D eigenvalue weighted by Gasteiger charge is 2.33. The number of hydrogen-bond donors (Lipinski definition) is 2. The van der Waals surface area contributed by atoms with Crippen LogP contribution in [0.2, 0.25) is 10.0 Å². The molecule has 1 aromatic rings. The zero-order chi connectivity index (χ0) is 16.0. The summed E-state index contributed by atoms with van der Waals surface area (Å²) in [6, 6.07) is 5.12. The molecule has 0 fully saturated rings. The van der Waals surface area contributed by atoms with Gasteiger partial charge in [0.2, 0.25) is 5.91 Å². The molecule has 0 spiro atoms. The largest absolute Gasteiger partial charge is 0.368 e. The third kappa shape index (κ3) is 4.58. The first-order chi connectivity index (χ1) is 9.85. The molecule has 21 heavy (non-hydrogen) atoms. The summed E-state index contributed by atoms with van der Waals surface area (Å²) in [7, 11) is 0. The van der Waals surface area contributed by atoms with Gasteiger partial charge in [-0.3, -0.25) is 10.1 Å². The van der Waals surface area contributed by atoms with E-state index in [1.165, 1.54) is 0 Å². The van der Waals surface area contributed by atoms with Crippen molar-refractivity contribution < 1.29 is 4.79 Å². The summed E-state index contributed by atoms with van der Waals surface area (Å²) in [6.45, 7) is 9.41. The van der Waals surface area contributed by atoms with Gasteiger partial charge < -0.3 is 10.6 Å². The minimum Gasteiger partial charge on any atom is -0.368 e. The van der Waals surface area contributed by atoms with Gasteiger partial charge in [-0.15, -0.1) is 0 Å². The first-order valence-corrected chi connectivity index (χ1v) is 7.83. The molecule has 0 aliphatic heterocycles. The van der Waals surface area contributed by atoms with E-state index in [1.807, 2.05) is 0 Å². The summed E-state index contributed by atoms with van der Waals surface area (Å²) >= 11 is 12.0. The van der Waals surface area contributed by atoms with Crippen LogP contribution in [0.15, 0.2) is 18.2 Å². The Balaban J connectivity index is 2.87. The maximum Gasteiger partial charge on any atom is 0.242 e. The molecule has 0 aliphatic rings. The fourth-order valence-electron chi connectivity index (χ4n) is 2.14. The Bertz CT molecular complexity index is 492. The van der Waals surface area contributed by atoms with Crippen molar-refractivity contribution >= 4 is 29.1 Å². The van der Waals surface area contributed by atoms with E-state index in [0.717, 1.165) is 19.6 Å². The van der Waals surface area contributed by atoms with Crippen LogP contribution in [0.5, 0.6) is 0 Å². The number of benzene rings is 1. The summed E-state index contributed by atoms with van der Waals surface area (Å²) in [5, 5.41) is 4.10. The number of carbonyl (C=O) groups excluding carboxylic acids is 1. The molecule has 1 unspecified atom stereocenters. The lowest BCUT2D eigenvalue weighted by Gasteiger charge is -2.30. The third-order valence-electron chi connectivity index (χ3n) is 3.79. The predicted molar refractivity (Wildman–Crippen MR) is 88.8 cm³/mol. The van der Waals surface area contributed by atoms with Gasteiger partial charge in [0.1, 0.15) is 5.54 Å². The highest BCUT2D eigenvalue weighted by Crippen LogP contribution is 2.28. The van der Waals surface area contributed by atoms with Crippen LogP contribution in [0.25, 0.3) is 0 Å². The average molecular weight is 332 g/mol. The molecule has 0 aliphatic carbocycles. The second-order valence-corrected chi connectivity index (χ2v) is 5.89. The van der Waals surface area contributed by atoms with Gasteiger partial charge in [0.15, 0.2) is 0 Å². The maximum absolute atomic E-state index is 11.9. The molecule has 1 amide bonds. The Kier molecular flexibility index (Phi) is 6.94. The van der Waals surface area contributed by atoms with Crippen molar-refractivity contribution in [3.05, 3.63) is 33.8 Å². The Morgan fingerprint density at radius 3 is 2.38 bits per heavy atom. The van der Waals surface area contributed by atoms with Gasteiger partial charge in [-0.2, -0.15) is 0 Å². The van der Waals surface area contributed by atoms with Gasteiger partial charge in [0.25, 0.3) is 0 Å². The third-order valence-corrected chi connectivity index (χ3v) is 4.53. The molecular formula is C15H23Cl2N3O. The fraction of sp³-hybridized carbons (Fsp3) is 0.533. The summed E-state index contributed by atoms with van der Waals surface area (Å²) in [4.78, 5) is 14.2. The van der Waals surface area contributed by atoms with E-state index in [0.29, 0.717) is 22.2 Å². The van der Waals surface area contributed by atoms with Crippen LogP contribution in [-0.2, 0) is 10.3 Å². The van der Waals surface area contributed by atoms with Crippen molar-refractivity contribution in [2.75, 3.05) is 26.2 Å². The molecule has 0 saturated carbocycles. The number of carbonyl (C=O) groups is 1. The predicted octanol–water partition coefficient (Wildman–Crippen LogP) is 2.63. The Morgan fingerprint density at radius 2 is 1.90 bits per heavy atom. The van der Waals surface area contributed by atoms with Crippen molar-refractivity contribution in [1.82, 2.24) is 10.2 Å². The molecule has 4 nitrogen and oxygen atoms in total. The van der Waals surface area contributed by atoms with E-state index in [-0.39, 0.29) is 0 Å². The number of nitrogens with zero attached hydrogens (tertiary/aromatic N) is 1. The Labute approximate surface area is 136 Å². The number of primary amides is 1. The highest BCUT2D eigenvalue weighted by atomic mass is 35.5. The van der Waals surface area contributed by atoms with Crippen molar-refractivity contribution in [3.8, 4) is 0 Å². The Hall–Kier alpha value is -0.810. The van der Waals surface area contributed by atoms with Gasteiger partial charge in [-0.1, -0.05) is 43.1 Å². The summed E-state index contributed by atoms with van der Waals surface area (Å²) in [6.07, 6.45) is 0. The molecule has 0 saturated heterocycles. The van der Waals surface area contributed by atoms with Gasteiger partial charge in [0.05, 0.1) is 10.0 Å². The van der Waals surface area contributed by atoms with Crippen LogP contribution < -0.4 is 11.1 Å².